The van der Waals surface area contributed by atoms with Gasteiger partial charge in [0.25, 0.3) is 0 Å². The first-order chi connectivity index (χ1) is 9.27. The molecule has 1 fully saturated rings. The Balaban J connectivity index is 1.97. The molecule has 1 spiro atoms. The Bertz CT molecular complexity index is 477. The summed E-state index contributed by atoms with van der Waals surface area (Å²) < 4.78 is 5.26. The van der Waals surface area contributed by atoms with Crippen LogP contribution in [0.1, 0.15) is 43.2 Å². The molecule has 0 amide bonds. The van der Waals surface area contributed by atoms with Crippen LogP contribution in [0.5, 0.6) is 0 Å². The summed E-state index contributed by atoms with van der Waals surface area (Å²) in [6.45, 7) is 4.43. The fraction of sp³-hybridized carbons (Fsp3) is 0.562. The minimum Gasteiger partial charge on any atom is -0.466 e. The zero-order valence-electron chi connectivity index (χ0n) is 11.4. The Morgan fingerprint density at radius 1 is 1.37 bits per heavy atom. The Kier molecular flexibility index (Phi) is 3.31. The summed E-state index contributed by atoms with van der Waals surface area (Å²) in [4.78, 5) is 12.2. The average molecular weight is 259 g/mol. The van der Waals surface area contributed by atoms with E-state index in [4.69, 9.17) is 4.74 Å². The highest BCUT2D eigenvalue weighted by Gasteiger charge is 2.46. The maximum atomic E-state index is 12.2. The van der Waals surface area contributed by atoms with E-state index in [9.17, 15) is 4.79 Å². The maximum absolute atomic E-state index is 12.2. The van der Waals surface area contributed by atoms with Gasteiger partial charge >= 0.3 is 5.97 Å². The van der Waals surface area contributed by atoms with Gasteiger partial charge in [-0.1, -0.05) is 24.3 Å². The van der Waals surface area contributed by atoms with Gasteiger partial charge in [0.15, 0.2) is 0 Å². The van der Waals surface area contributed by atoms with Crippen LogP contribution in [0.3, 0.4) is 0 Å². The van der Waals surface area contributed by atoms with Gasteiger partial charge in [-0.2, -0.15) is 0 Å². The molecule has 2 aliphatic rings. The maximum Gasteiger partial charge on any atom is 0.313 e. The number of esters is 1. The van der Waals surface area contributed by atoms with E-state index in [0.29, 0.717) is 6.61 Å². The van der Waals surface area contributed by atoms with Gasteiger partial charge in [0.05, 0.1) is 12.5 Å². The molecule has 0 radical (unpaired) electrons. The number of rotatable bonds is 2. The molecule has 1 aromatic rings. The monoisotopic (exact) mass is 259 g/mol. The number of piperidine rings is 1. The number of carbonyl (C=O) groups excluding carboxylic acids is 1. The second kappa shape index (κ2) is 4.97. The predicted molar refractivity (Wildman–Crippen MR) is 74.2 cm³/mol. The number of hydrogen-bond acceptors (Lipinski definition) is 3. The van der Waals surface area contributed by atoms with Crippen LogP contribution >= 0.6 is 0 Å². The van der Waals surface area contributed by atoms with Gasteiger partial charge in [0.1, 0.15) is 0 Å². The summed E-state index contributed by atoms with van der Waals surface area (Å²) in [6, 6.07) is 8.44. The van der Waals surface area contributed by atoms with Gasteiger partial charge in [-0.3, -0.25) is 4.79 Å². The van der Waals surface area contributed by atoms with Crippen LogP contribution in [0, 0.1) is 0 Å². The molecule has 0 bridgehead atoms. The lowest BCUT2D eigenvalue weighted by molar-refractivity contribution is -0.145. The molecule has 3 nitrogen and oxygen atoms in total. The van der Waals surface area contributed by atoms with Crippen molar-refractivity contribution in [3.05, 3.63) is 35.4 Å². The van der Waals surface area contributed by atoms with Crippen molar-refractivity contribution in [2.45, 2.75) is 37.5 Å². The summed E-state index contributed by atoms with van der Waals surface area (Å²) in [7, 11) is 0. The summed E-state index contributed by atoms with van der Waals surface area (Å²) in [6.07, 6.45) is 3.17. The van der Waals surface area contributed by atoms with E-state index in [2.05, 4.69) is 23.5 Å². The van der Waals surface area contributed by atoms with Crippen molar-refractivity contribution in [2.24, 2.45) is 0 Å². The van der Waals surface area contributed by atoms with Crippen LogP contribution in [-0.2, 0) is 14.9 Å². The predicted octanol–water partition coefficient (Wildman–Crippen LogP) is 2.36. The molecule has 1 aliphatic carbocycles. The fourth-order valence-electron chi connectivity index (χ4n) is 3.73. The highest BCUT2D eigenvalue weighted by Crippen LogP contribution is 2.51. The second-order valence-corrected chi connectivity index (χ2v) is 5.63. The van der Waals surface area contributed by atoms with Crippen LogP contribution in [0.25, 0.3) is 0 Å². The first-order valence-corrected chi connectivity index (χ1v) is 7.23. The molecule has 1 aliphatic heterocycles. The topological polar surface area (TPSA) is 38.3 Å². The molecule has 1 saturated heterocycles. The van der Waals surface area contributed by atoms with Crippen molar-refractivity contribution in [2.75, 3.05) is 19.7 Å². The Morgan fingerprint density at radius 3 is 2.84 bits per heavy atom. The van der Waals surface area contributed by atoms with E-state index < -0.39 is 0 Å². The van der Waals surface area contributed by atoms with Crippen LogP contribution < -0.4 is 5.32 Å². The minimum atomic E-state index is -0.0609. The molecule has 1 heterocycles. The standard InChI is InChI=1S/C16H21NO2/c1-2-19-15(18)13-11-16(7-9-17-10-8-16)14-6-4-3-5-12(13)14/h3-6,13,17H,2,7-11H2,1H3/t13-/m1/s1. The number of fused-ring (bicyclic) bond motifs is 2. The number of hydrogen-bond donors (Lipinski definition) is 1. The van der Waals surface area contributed by atoms with E-state index in [1.54, 1.807) is 0 Å². The van der Waals surface area contributed by atoms with Crippen molar-refractivity contribution in [1.82, 2.24) is 5.32 Å². The first-order valence-electron chi connectivity index (χ1n) is 7.23. The molecular weight excluding hydrogens is 238 g/mol. The summed E-state index contributed by atoms with van der Waals surface area (Å²) in [5, 5.41) is 3.42. The molecule has 0 unspecified atom stereocenters. The molecule has 102 valence electrons. The lowest BCUT2D eigenvalue weighted by atomic mass is 9.74. The summed E-state index contributed by atoms with van der Waals surface area (Å²) in [5.74, 6) is -0.111. The van der Waals surface area contributed by atoms with E-state index in [-0.39, 0.29) is 17.3 Å². The van der Waals surface area contributed by atoms with Gasteiger partial charge in [0, 0.05) is 0 Å². The molecule has 3 heteroatoms. The molecule has 19 heavy (non-hydrogen) atoms. The SMILES string of the molecule is CCOC(=O)[C@@H]1CC2(CCNCC2)c2ccccc21. The number of nitrogens with one attached hydrogen (secondary N) is 1. The first kappa shape index (κ1) is 12.7. The summed E-state index contributed by atoms with van der Waals surface area (Å²) in [5.41, 5.74) is 2.77. The van der Waals surface area contributed by atoms with Gasteiger partial charge in [0.2, 0.25) is 0 Å². The number of ether oxygens (including phenoxy) is 1. The Morgan fingerprint density at radius 2 is 2.11 bits per heavy atom. The van der Waals surface area contributed by atoms with Crippen molar-refractivity contribution in [3.63, 3.8) is 0 Å². The molecular formula is C16H21NO2. The van der Waals surface area contributed by atoms with E-state index in [1.807, 2.05) is 13.0 Å². The third-order valence-corrected chi connectivity index (χ3v) is 4.63. The zero-order chi connectivity index (χ0) is 13.3. The number of benzene rings is 1. The van der Waals surface area contributed by atoms with Crippen LogP contribution in [0.15, 0.2) is 24.3 Å². The number of carbonyl (C=O) groups is 1. The smallest absolute Gasteiger partial charge is 0.313 e. The Labute approximate surface area is 114 Å². The molecule has 0 saturated carbocycles. The third kappa shape index (κ3) is 2.06. The largest absolute Gasteiger partial charge is 0.466 e. The normalized spacial score (nSPS) is 24.2. The highest BCUT2D eigenvalue weighted by atomic mass is 16.5. The van der Waals surface area contributed by atoms with E-state index in [0.717, 1.165) is 32.4 Å². The lowest BCUT2D eigenvalue weighted by Crippen LogP contribution is -2.38. The molecule has 3 rings (SSSR count). The molecule has 1 N–H and O–H groups in total. The lowest BCUT2D eigenvalue weighted by Gasteiger charge is -2.35. The van der Waals surface area contributed by atoms with Crippen molar-refractivity contribution < 1.29 is 9.53 Å². The van der Waals surface area contributed by atoms with Crippen molar-refractivity contribution >= 4 is 5.97 Å². The third-order valence-electron chi connectivity index (χ3n) is 4.63. The van der Waals surface area contributed by atoms with Crippen molar-refractivity contribution in [3.8, 4) is 0 Å². The quantitative estimate of drug-likeness (QED) is 0.829. The van der Waals surface area contributed by atoms with Gasteiger partial charge < -0.3 is 10.1 Å². The van der Waals surface area contributed by atoms with Crippen LogP contribution in [0.4, 0.5) is 0 Å². The summed E-state index contributed by atoms with van der Waals surface area (Å²) >= 11 is 0. The minimum absolute atomic E-state index is 0.0506. The zero-order valence-corrected chi connectivity index (χ0v) is 11.4. The van der Waals surface area contributed by atoms with E-state index in [1.165, 1.54) is 11.1 Å². The molecule has 0 aromatic heterocycles. The second-order valence-electron chi connectivity index (χ2n) is 5.63. The molecule has 1 atom stereocenters. The van der Waals surface area contributed by atoms with Gasteiger partial charge in [-0.25, -0.2) is 0 Å². The average Bonchev–Trinajstić information content (AvgIpc) is 2.76. The van der Waals surface area contributed by atoms with Gasteiger partial charge in [-0.05, 0) is 55.8 Å². The van der Waals surface area contributed by atoms with E-state index >= 15 is 0 Å². The fourth-order valence-corrected chi connectivity index (χ4v) is 3.73. The van der Waals surface area contributed by atoms with Crippen LogP contribution in [-0.4, -0.2) is 25.7 Å². The van der Waals surface area contributed by atoms with Gasteiger partial charge in [-0.15, -0.1) is 0 Å². The Hall–Kier alpha value is -1.35. The van der Waals surface area contributed by atoms with Crippen LogP contribution in [0.2, 0.25) is 0 Å². The highest BCUT2D eigenvalue weighted by molar-refractivity contribution is 5.80. The van der Waals surface area contributed by atoms with Crippen molar-refractivity contribution in [1.29, 1.82) is 0 Å². The molecule has 1 aromatic carbocycles.